The maximum Gasteiger partial charge on any atom is 0.163 e. The third kappa shape index (κ3) is 2.41. The summed E-state index contributed by atoms with van der Waals surface area (Å²) in [5, 5.41) is 0. The van der Waals surface area contributed by atoms with E-state index in [-0.39, 0.29) is 0 Å². The maximum absolute atomic E-state index is 12.5. The second-order valence-corrected chi connectivity index (χ2v) is 6.24. The lowest BCUT2D eigenvalue weighted by Crippen LogP contribution is -2.16. The molecule has 0 radical (unpaired) electrons. The molecule has 2 bridgehead atoms. The molecule has 0 saturated heterocycles. The largest absolute Gasteiger partial charge is 0.497 e. The fourth-order valence-corrected chi connectivity index (χ4v) is 4.05. The van der Waals surface area contributed by atoms with Gasteiger partial charge in [0, 0.05) is 12.0 Å². The zero-order valence-electron chi connectivity index (χ0n) is 11.8. The standard InChI is InChI=1S/C17H22O2/c1-11-7-15(19-2)5-6-16(11)17(18)10-14-9-12-3-4-13(14)8-12/h5-7,12-14H,3-4,8-10H2,1-2H3. The molecule has 0 aliphatic heterocycles. The molecule has 2 aliphatic carbocycles. The molecule has 1 aromatic rings. The van der Waals surface area contributed by atoms with Gasteiger partial charge in [0.25, 0.3) is 0 Å². The van der Waals surface area contributed by atoms with Gasteiger partial charge in [-0.1, -0.05) is 6.42 Å². The van der Waals surface area contributed by atoms with Crippen molar-refractivity contribution >= 4 is 5.78 Å². The van der Waals surface area contributed by atoms with E-state index in [0.29, 0.717) is 11.7 Å². The first-order valence-corrected chi connectivity index (χ1v) is 7.35. The van der Waals surface area contributed by atoms with Crippen LogP contribution in [0.2, 0.25) is 0 Å². The quantitative estimate of drug-likeness (QED) is 0.763. The molecule has 1 aromatic carbocycles. The molecule has 2 fully saturated rings. The molecular formula is C17H22O2. The highest BCUT2D eigenvalue weighted by molar-refractivity contribution is 5.97. The second-order valence-electron chi connectivity index (χ2n) is 6.24. The number of benzene rings is 1. The Morgan fingerprint density at radius 2 is 2.16 bits per heavy atom. The molecule has 3 unspecified atom stereocenters. The smallest absolute Gasteiger partial charge is 0.163 e. The minimum Gasteiger partial charge on any atom is -0.497 e. The lowest BCUT2D eigenvalue weighted by molar-refractivity contribution is 0.0943. The van der Waals surface area contributed by atoms with E-state index >= 15 is 0 Å². The number of Topliss-reactive ketones (excluding diaryl/α,β-unsaturated/α-hetero) is 1. The van der Waals surface area contributed by atoms with Crippen LogP contribution >= 0.6 is 0 Å². The topological polar surface area (TPSA) is 26.3 Å². The van der Waals surface area contributed by atoms with Gasteiger partial charge in [-0.05, 0) is 67.7 Å². The summed E-state index contributed by atoms with van der Waals surface area (Å²) < 4.78 is 5.19. The molecular weight excluding hydrogens is 236 g/mol. The molecule has 3 rings (SSSR count). The Morgan fingerprint density at radius 3 is 2.74 bits per heavy atom. The first-order chi connectivity index (χ1) is 9.17. The van der Waals surface area contributed by atoms with Crippen LogP contribution in [-0.4, -0.2) is 12.9 Å². The van der Waals surface area contributed by atoms with Crippen molar-refractivity contribution < 1.29 is 9.53 Å². The highest BCUT2D eigenvalue weighted by Crippen LogP contribution is 2.49. The van der Waals surface area contributed by atoms with Crippen molar-refractivity contribution in [2.24, 2.45) is 17.8 Å². The van der Waals surface area contributed by atoms with E-state index in [2.05, 4.69) is 0 Å². The zero-order chi connectivity index (χ0) is 13.4. The van der Waals surface area contributed by atoms with Gasteiger partial charge in [0.05, 0.1) is 7.11 Å². The van der Waals surface area contributed by atoms with Gasteiger partial charge in [-0.2, -0.15) is 0 Å². The maximum atomic E-state index is 12.5. The number of carbonyl (C=O) groups excluding carboxylic acids is 1. The van der Waals surface area contributed by atoms with E-state index in [1.54, 1.807) is 7.11 Å². The summed E-state index contributed by atoms with van der Waals surface area (Å²) in [5.74, 6) is 3.53. The number of methoxy groups -OCH3 is 1. The van der Waals surface area contributed by atoms with Gasteiger partial charge in [0.15, 0.2) is 5.78 Å². The summed E-state index contributed by atoms with van der Waals surface area (Å²) in [6.07, 6.45) is 6.15. The van der Waals surface area contributed by atoms with E-state index in [9.17, 15) is 4.79 Å². The molecule has 0 heterocycles. The summed E-state index contributed by atoms with van der Waals surface area (Å²) in [4.78, 5) is 12.5. The summed E-state index contributed by atoms with van der Waals surface area (Å²) in [5.41, 5.74) is 1.91. The number of aryl methyl sites for hydroxylation is 1. The van der Waals surface area contributed by atoms with Crippen LogP contribution in [-0.2, 0) is 0 Å². The normalized spacial score (nSPS) is 28.6. The van der Waals surface area contributed by atoms with Crippen molar-refractivity contribution in [1.82, 2.24) is 0 Å². The fraction of sp³-hybridized carbons (Fsp3) is 0.588. The van der Waals surface area contributed by atoms with Crippen molar-refractivity contribution in [2.45, 2.75) is 39.0 Å². The number of carbonyl (C=O) groups is 1. The van der Waals surface area contributed by atoms with Crippen LogP contribution in [0.3, 0.4) is 0 Å². The van der Waals surface area contributed by atoms with Gasteiger partial charge >= 0.3 is 0 Å². The Labute approximate surface area is 115 Å². The van der Waals surface area contributed by atoms with Gasteiger partial charge in [0.2, 0.25) is 0 Å². The van der Waals surface area contributed by atoms with Gasteiger partial charge in [-0.25, -0.2) is 0 Å². The molecule has 0 N–H and O–H groups in total. The van der Waals surface area contributed by atoms with Crippen LogP contribution in [0.25, 0.3) is 0 Å². The molecule has 0 spiro atoms. The van der Waals surface area contributed by atoms with E-state index in [1.807, 2.05) is 25.1 Å². The summed E-state index contributed by atoms with van der Waals surface area (Å²) >= 11 is 0. The first kappa shape index (κ1) is 12.7. The highest BCUT2D eigenvalue weighted by atomic mass is 16.5. The van der Waals surface area contributed by atoms with Crippen molar-refractivity contribution in [1.29, 1.82) is 0 Å². The predicted molar refractivity (Wildman–Crippen MR) is 75.6 cm³/mol. The Morgan fingerprint density at radius 1 is 1.32 bits per heavy atom. The third-order valence-electron chi connectivity index (χ3n) is 5.07. The Hall–Kier alpha value is -1.31. The lowest BCUT2D eigenvalue weighted by Gasteiger charge is -2.21. The Balaban J connectivity index is 1.70. The van der Waals surface area contributed by atoms with Crippen LogP contribution in [0.4, 0.5) is 0 Å². The van der Waals surface area contributed by atoms with Crippen LogP contribution in [0.15, 0.2) is 18.2 Å². The Kier molecular flexibility index (Phi) is 3.34. The molecule has 2 heteroatoms. The molecule has 3 atom stereocenters. The van der Waals surface area contributed by atoms with Gasteiger partial charge in [0.1, 0.15) is 5.75 Å². The monoisotopic (exact) mass is 258 g/mol. The van der Waals surface area contributed by atoms with Crippen LogP contribution < -0.4 is 4.74 Å². The zero-order valence-corrected chi connectivity index (χ0v) is 11.8. The average Bonchev–Trinajstić information content (AvgIpc) is 3.00. The van der Waals surface area contributed by atoms with E-state index in [4.69, 9.17) is 4.74 Å². The molecule has 0 amide bonds. The van der Waals surface area contributed by atoms with Crippen LogP contribution in [0.1, 0.15) is 48.0 Å². The van der Waals surface area contributed by atoms with Gasteiger partial charge < -0.3 is 4.74 Å². The van der Waals surface area contributed by atoms with Crippen LogP contribution in [0, 0.1) is 24.7 Å². The minimum atomic E-state index is 0.317. The first-order valence-electron chi connectivity index (χ1n) is 7.35. The SMILES string of the molecule is COc1ccc(C(=O)CC2CC3CCC2C3)c(C)c1. The van der Waals surface area contributed by atoms with Gasteiger partial charge in [-0.15, -0.1) is 0 Å². The molecule has 0 aromatic heterocycles. The number of hydrogen-bond donors (Lipinski definition) is 0. The summed E-state index contributed by atoms with van der Waals surface area (Å²) in [6, 6.07) is 5.76. The second kappa shape index (κ2) is 4.99. The molecule has 2 aliphatic rings. The number of ether oxygens (including phenoxy) is 1. The average molecular weight is 258 g/mol. The van der Waals surface area contributed by atoms with Crippen molar-refractivity contribution in [3.8, 4) is 5.75 Å². The molecule has 2 saturated carbocycles. The molecule has 19 heavy (non-hydrogen) atoms. The number of ketones is 1. The third-order valence-corrected chi connectivity index (χ3v) is 5.07. The van der Waals surface area contributed by atoms with E-state index in [1.165, 1.54) is 25.7 Å². The lowest BCUT2D eigenvalue weighted by atomic mass is 9.83. The van der Waals surface area contributed by atoms with Crippen LogP contribution in [0.5, 0.6) is 5.75 Å². The number of hydrogen-bond acceptors (Lipinski definition) is 2. The summed E-state index contributed by atoms with van der Waals surface area (Å²) in [7, 11) is 1.66. The van der Waals surface area contributed by atoms with E-state index < -0.39 is 0 Å². The molecule has 102 valence electrons. The van der Waals surface area contributed by atoms with E-state index in [0.717, 1.165) is 35.1 Å². The number of fused-ring (bicyclic) bond motifs is 2. The van der Waals surface area contributed by atoms with Crippen molar-refractivity contribution in [2.75, 3.05) is 7.11 Å². The van der Waals surface area contributed by atoms with Crippen molar-refractivity contribution in [3.63, 3.8) is 0 Å². The highest BCUT2D eigenvalue weighted by Gasteiger charge is 2.40. The minimum absolute atomic E-state index is 0.317. The van der Waals surface area contributed by atoms with Crippen molar-refractivity contribution in [3.05, 3.63) is 29.3 Å². The summed E-state index contributed by atoms with van der Waals surface area (Å²) in [6.45, 7) is 2.00. The molecule has 2 nitrogen and oxygen atoms in total. The van der Waals surface area contributed by atoms with Gasteiger partial charge in [-0.3, -0.25) is 4.79 Å². The number of rotatable bonds is 4. The predicted octanol–water partition coefficient (Wildman–Crippen LogP) is 4.01. The fourth-order valence-electron chi connectivity index (χ4n) is 4.05. The Bertz CT molecular complexity index is 492.